The van der Waals surface area contributed by atoms with Crippen molar-refractivity contribution in [2.45, 2.75) is 38.8 Å². The van der Waals surface area contributed by atoms with Crippen molar-refractivity contribution in [2.75, 3.05) is 0 Å². The van der Waals surface area contributed by atoms with Crippen LogP contribution < -0.4 is 16.4 Å². The minimum absolute atomic E-state index is 0.0604. The van der Waals surface area contributed by atoms with E-state index in [4.69, 9.17) is 5.73 Å². The predicted molar refractivity (Wildman–Crippen MR) is 74.5 cm³/mol. The van der Waals surface area contributed by atoms with Crippen molar-refractivity contribution in [1.82, 2.24) is 10.6 Å². The van der Waals surface area contributed by atoms with Gasteiger partial charge >= 0.3 is 6.03 Å². The van der Waals surface area contributed by atoms with Gasteiger partial charge < -0.3 is 16.4 Å². The number of benzene rings is 1. The van der Waals surface area contributed by atoms with Crippen LogP contribution in [0, 0.1) is 0 Å². The lowest BCUT2D eigenvalue weighted by atomic mass is 10.1. The van der Waals surface area contributed by atoms with Gasteiger partial charge in [0, 0.05) is 12.5 Å². The Balaban J connectivity index is 2.59. The van der Waals surface area contributed by atoms with E-state index in [-0.39, 0.29) is 12.1 Å². The highest BCUT2D eigenvalue weighted by atomic mass is 16.2. The van der Waals surface area contributed by atoms with Gasteiger partial charge in [-0.15, -0.1) is 0 Å². The van der Waals surface area contributed by atoms with E-state index in [0.29, 0.717) is 6.42 Å². The van der Waals surface area contributed by atoms with Crippen molar-refractivity contribution in [2.24, 2.45) is 5.73 Å². The minimum atomic E-state index is -0.702. The van der Waals surface area contributed by atoms with Crippen LogP contribution in [0.15, 0.2) is 30.3 Å². The van der Waals surface area contributed by atoms with Gasteiger partial charge in [0.05, 0.1) is 0 Å². The second-order valence-corrected chi connectivity index (χ2v) is 4.57. The molecule has 0 aliphatic rings. The smallest absolute Gasteiger partial charge is 0.315 e. The summed E-state index contributed by atoms with van der Waals surface area (Å²) in [7, 11) is 0. The van der Waals surface area contributed by atoms with Crippen molar-refractivity contribution >= 4 is 11.9 Å². The average molecular weight is 263 g/mol. The third kappa shape index (κ3) is 5.42. The molecule has 4 N–H and O–H groups in total. The highest BCUT2D eigenvalue weighted by Gasteiger charge is 2.18. The number of carbonyl (C=O) groups excluding carboxylic acids is 2. The molecule has 0 aliphatic carbocycles. The number of hydrogen-bond donors (Lipinski definition) is 3. The summed E-state index contributed by atoms with van der Waals surface area (Å²) in [5.74, 6) is -0.539. The number of urea groups is 1. The van der Waals surface area contributed by atoms with Gasteiger partial charge in [0.15, 0.2) is 0 Å². The number of primary amides is 1. The molecule has 0 radical (unpaired) electrons. The average Bonchev–Trinajstić information content (AvgIpc) is 2.38. The molecule has 5 heteroatoms. The second-order valence-electron chi connectivity index (χ2n) is 4.57. The van der Waals surface area contributed by atoms with Crippen LogP contribution in [-0.2, 0) is 11.2 Å². The molecule has 0 saturated heterocycles. The molecule has 0 fully saturated rings. The van der Waals surface area contributed by atoms with E-state index in [1.807, 2.05) is 44.2 Å². The van der Waals surface area contributed by atoms with E-state index in [2.05, 4.69) is 10.6 Å². The molecule has 1 aromatic rings. The fourth-order valence-electron chi connectivity index (χ4n) is 1.60. The number of rotatable bonds is 6. The molecule has 0 aliphatic heterocycles. The first-order chi connectivity index (χ1) is 9.02. The molecule has 104 valence electrons. The van der Waals surface area contributed by atoms with E-state index >= 15 is 0 Å². The minimum Gasteiger partial charge on any atom is -0.368 e. The van der Waals surface area contributed by atoms with Crippen LogP contribution >= 0.6 is 0 Å². The number of nitrogens with two attached hydrogens (primary N) is 1. The van der Waals surface area contributed by atoms with Gasteiger partial charge in [-0.2, -0.15) is 0 Å². The summed E-state index contributed by atoms with van der Waals surface area (Å²) in [4.78, 5) is 23.1. The molecule has 19 heavy (non-hydrogen) atoms. The number of nitrogens with one attached hydrogen (secondary N) is 2. The van der Waals surface area contributed by atoms with Gasteiger partial charge in [0.2, 0.25) is 5.91 Å². The summed E-state index contributed by atoms with van der Waals surface area (Å²) in [6.45, 7) is 3.87. The Hall–Kier alpha value is -2.04. The number of hydrogen-bond acceptors (Lipinski definition) is 2. The van der Waals surface area contributed by atoms with Gasteiger partial charge in [-0.1, -0.05) is 37.3 Å². The van der Waals surface area contributed by atoms with E-state index < -0.39 is 11.9 Å². The largest absolute Gasteiger partial charge is 0.368 e. The van der Waals surface area contributed by atoms with Gasteiger partial charge in [-0.25, -0.2) is 4.79 Å². The third-order valence-corrected chi connectivity index (χ3v) is 2.92. The zero-order valence-electron chi connectivity index (χ0n) is 11.3. The Morgan fingerprint density at radius 1 is 1.21 bits per heavy atom. The Morgan fingerprint density at radius 2 is 1.84 bits per heavy atom. The summed E-state index contributed by atoms with van der Waals surface area (Å²) in [5.41, 5.74) is 6.27. The maximum Gasteiger partial charge on any atom is 0.315 e. The summed E-state index contributed by atoms with van der Waals surface area (Å²) in [6, 6.07) is 8.44. The van der Waals surface area contributed by atoms with E-state index in [1.54, 1.807) is 0 Å². The first kappa shape index (κ1) is 15.0. The van der Waals surface area contributed by atoms with E-state index in [1.165, 1.54) is 0 Å². The summed E-state index contributed by atoms with van der Waals surface area (Å²) < 4.78 is 0. The lowest BCUT2D eigenvalue weighted by Gasteiger charge is -2.18. The Kier molecular flexibility index (Phi) is 5.85. The van der Waals surface area contributed by atoms with Gasteiger partial charge in [0.1, 0.15) is 6.04 Å². The molecule has 3 amide bonds. The standard InChI is InChI=1S/C14H21N3O2/c1-3-10(2)16-14(19)17-12(13(15)18)9-11-7-5-4-6-8-11/h4-8,10,12H,3,9H2,1-2H3,(H2,15,18)(H2,16,17,19)/t10-,12+/m0/s1. The molecule has 0 aromatic heterocycles. The normalized spacial score (nSPS) is 13.4. The van der Waals surface area contributed by atoms with Crippen molar-refractivity contribution in [3.05, 3.63) is 35.9 Å². The maximum absolute atomic E-state index is 11.7. The molecule has 5 nitrogen and oxygen atoms in total. The van der Waals surface area contributed by atoms with Crippen LogP contribution in [0.3, 0.4) is 0 Å². The molecule has 0 saturated carbocycles. The van der Waals surface area contributed by atoms with E-state index in [0.717, 1.165) is 12.0 Å². The molecule has 0 heterocycles. The Labute approximate surface area is 113 Å². The lowest BCUT2D eigenvalue weighted by Crippen LogP contribution is -2.51. The molecule has 1 aromatic carbocycles. The highest BCUT2D eigenvalue weighted by molar-refractivity contribution is 5.86. The quantitative estimate of drug-likeness (QED) is 0.720. The first-order valence-corrected chi connectivity index (χ1v) is 6.43. The maximum atomic E-state index is 11.7. The first-order valence-electron chi connectivity index (χ1n) is 6.43. The number of amides is 3. The van der Waals surface area contributed by atoms with Crippen LogP contribution in [0.5, 0.6) is 0 Å². The highest BCUT2D eigenvalue weighted by Crippen LogP contribution is 2.03. The molecule has 0 bridgehead atoms. The predicted octanol–water partition coefficient (Wildman–Crippen LogP) is 1.18. The van der Waals surface area contributed by atoms with Crippen LogP contribution in [0.1, 0.15) is 25.8 Å². The molecule has 0 unspecified atom stereocenters. The fourth-order valence-corrected chi connectivity index (χ4v) is 1.60. The van der Waals surface area contributed by atoms with E-state index in [9.17, 15) is 9.59 Å². The van der Waals surface area contributed by atoms with Crippen LogP contribution in [0.25, 0.3) is 0 Å². The van der Waals surface area contributed by atoms with Crippen LogP contribution in [-0.4, -0.2) is 24.0 Å². The molecule has 0 spiro atoms. The summed E-state index contributed by atoms with van der Waals surface area (Å²) in [6.07, 6.45) is 1.22. The van der Waals surface area contributed by atoms with Crippen LogP contribution in [0.2, 0.25) is 0 Å². The lowest BCUT2D eigenvalue weighted by molar-refractivity contribution is -0.119. The zero-order chi connectivity index (χ0) is 14.3. The number of carbonyl (C=O) groups is 2. The van der Waals surface area contributed by atoms with Gasteiger partial charge in [-0.3, -0.25) is 4.79 Å². The molecule has 2 atom stereocenters. The molecular formula is C14H21N3O2. The van der Waals surface area contributed by atoms with Gasteiger partial charge in [-0.05, 0) is 18.9 Å². The topological polar surface area (TPSA) is 84.2 Å². The van der Waals surface area contributed by atoms with Crippen molar-refractivity contribution in [3.63, 3.8) is 0 Å². The SMILES string of the molecule is CC[C@H](C)NC(=O)N[C@H](Cc1ccccc1)C(N)=O. The van der Waals surface area contributed by atoms with Crippen molar-refractivity contribution < 1.29 is 9.59 Å². The third-order valence-electron chi connectivity index (χ3n) is 2.92. The Bertz CT molecular complexity index is 420. The molecule has 1 rings (SSSR count). The molecular weight excluding hydrogens is 242 g/mol. The Morgan fingerprint density at radius 3 is 2.37 bits per heavy atom. The second kappa shape index (κ2) is 7.41. The zero-order valence-corrected chi connectivity index (χ0v) is 11.3. The van der Waals surface area contributed by atoms with Crippen molar-refractivity contribution in [3.8, 4) is 0 Å². The van der Waals surface area contributed by atoms with Crippen LogP contribution in [0.4, 0.5) is 4.79 Å². The summed E-state index contributed by atoms with van der Waals surface area (Å²) in [5, 5.41) is 5.35. The summed E-state index contributed by atoms with van der Waals surface area (Å²) >= 11 is 0. The van der Waals surface area contributed by atoms with Gasteiger partial charge in [0.25, 0.3) is 0 Å². The monoisotopic (exact) mass is 263 g/mol. The fraction of sp³-hybridized carbons (Fsp3) is 0.429. The van der Waals surface area contributed by atoms with Crippen molar-refractivity contribution in [1.29, 1.82) is 0 Å².